The minimum absolute atomic E-state index is 0.146. The smallest absolute Gasteiger partial charge is 0.387 e. The van der Waals surface area contributed by atoms with Gasteiger partial charge in [0, 0.05) is 11.3 Å². The van der Waals surface area contributed by atoms with Crippen molar-refractivity contribution in [1.82, 2.24) is 0 Å². The number of hydrogen-bond acceptors (Lipinski definition) is 2. The van der Waals surface area contributed by atoms with Crippen molar-refractivity contribution in [3.05, 3.63) is 58.1 Å². The summed E-state index contributed by atoms with van der Waals surface area (Å²) in [5, 5.41) is 4.05. The van der Waals surface area contributed by atoms with E-state index in [9.17, 15) is 8.78 Å². The van der Waals surface area contributed by atoms with E-state index in [-0.39, 0.29) is 11.8 Å². The van der Waals surface area contributed by atoms with Crippen LogP contribution in [0, 0.1) is 0 Å². The van der Waals surface area contributed by atoms with E-state index < -0.39 is 6.61 Å². The normalized spacial score (nSPS) is 12.3. The molecule has 112 valence electrons. The first-order chi connectivity index (χ1) is 9.97. The van der Waals surface area contributed by atoms with Crippen LogP contribution in [0.4, 0.5) is 14.5 Å². The molecule has 1 N–H and O–H groups in total. The zero-order chi connectivity index (χ0) is 15.4. The van der Waals surface area contributed by atoms with E-state index in [4.69, 9.17) is 23.2 Å². The molecule has 0 saturated carbocycles. The number of rotatable bonds is 5. The summed E-state index contributed by atoms with van der Waals surface area (Å²) in [5.74, 6) is 0.146. The monoisotopic (exact) mass is 331 g/mol. The summed E-state index contributed by atoms with van der Waals surface area (Å²) >= 11 is 11.8. The van der Waals surface area contributed by atoms with Gasteiger partial charge in [0.1, 0.15) is 5.75 Å². The van der Waals surface area contributed by atoms with Gasteiger partial charge in [-0.25, -0.2) is 0 Å². The van der Waals surface area contributed by atoms with Crippen molar-refractivity contribution in [3.63, 3.8) is 0 Å². The molecule has 0 radical (unpaired) electrons. The molecule has 2 rings (SSSR count). The molecule has 21 heavy (non-hydrogen) atoms. The fourth-order valence-corrected chi connectivity index (χ4v) is 2.25. The Morgan fingerprint density at radius 1 is 1.05 bits per heavy atom. The first kappa shape index (κ1) is 15.9. The van der Waals surface area contributed by atoms with Crippen molar-refractivity contribution in [2.45, 2.75) is 19.6 Å². The van der Waals surface area contributed by atoms with E-state index in [0.717, 1.165) is 5.69 Å². The summed E-state index contributed by atoms with van der Waals surface area (Å²) in [6.45, 7) is -1.01. The SMILES string of the molecule is CC(Nc1ccc(Cl)c(Cl)c1)c1ccccc1OC(F)F. The van der Waals surface area contributed by atoms with Crippen LogP contribution in [0.5, 0.6) is 5.75 Å². The first-order valence-electron chi connectivity index (χ1n) is 6.22. The molecule has 0 aliphatic rings. The molecule has 2 aromatic rings. The number of benzene rings is 2. The molecule has 2 nitrogen and oxygen atoms in total. The molecule has 0 aliphatic heterocycles. The van der Waals surface area contributed by atoms with Crippen molar-refractivity contribution in [1.29, 1.82) is 0 Å². The molecule has 0 spiro atoms. The zero-order valence-corrected chi connectivity index (χ0v) is 12.6. The standard InChI is InChI=1S/C15H13Cl2F2NO/c1-9(20-10-6-7-12(16)13(17)8-10)11-4-2-3-5-14(11)21-15(18)19/h2-9,15,20H,1H3. The maximum Gasteiger partial charge on any atom is 0.387 e. The summed E-state index contributed by atoms with van der Waals surface area (Å²) in [6, 6.07) is 11.5. The van der Waals surface area contributed by atoms with E-state index >= 15 is 0 Å². The Hall–Kier alpha value is -1.52. The number of nitrogens with one attached hydrogen (secondary N) is 1. The van der Waals surface area contributed by atoms with Gasteiger partial charge >= 0.3 is 6.61 Å². The topological polar surface area (TPSA) is 21.3 Å². The van der Waals surface area contributed by atoms with Crippen molar-refractivity contribution in [2.75, 3.05) is 5.32 Å². The highest BCUT2D eigenvalue weighted by molar-refractivity contribution is 6.42. The molecule has 0 aromatic heterocycles. The van der Waals surface area contributed by atoms with Gasteiger partial charge in [0.05, 0.1) is 16.1 Å². The van der Waals surface area contributed by atoms with Crippen LogP contribution < -0.4 is 10.1 Å². The van der Waals surface area contributed by atoms with Gasteiger partial charge in [-0.3, -0.25) is 0 Å². The van der Waals surface area contributed by atoms with Crippen molar-refractivity contribution in [3.8, 4) is 5.75 Å². The van der Waals surface area contributed by atoms with Crippen LogP contribution in [0.1, 0.15) is 18.5 Å². The summed E-state index contributed by atoms with van der Waals surface area (Å²) < 4.78 is 29.4. The van der Waals surface area contributed by atoms with Crippen LogP contribution in [0.2, 0.25) is 10.0 Å². The second-order valence-corrected chi connectivity index (χ2v) is 5.23. The van der Waals surface area contributed by atoms with E-state index in [1.54, 1.807) is 36.4 Å². The van der Waals surface area contributed by atoms with Gasteiger partial charge < -0.3 is 10.1 Å². The largest absolute Gasteiger partial charge is 0.434 e. The average Bonchev–Trinajstić information content (AvgIpc) is 2.43. The number of alkyl halides is 2. The molecule has 0 saturated heterocycles. The summed E-state index contributed by atoms with van der Waals surface area (Å²) in [5.41, 5.74) is 1.37. The molecule has 1 unspecified atom stereocenters. The lowest BCUT2D eigenvalue weighted by Crippen LogP contribution is -2.11. The highest BCUT2D eigenvalue weighted by Gasteiger charge is 2.14. The van der Waals surface area contributed by atoms with Crippen LogP contribution in [0.25, 0.3) is 0 Å². The molecule has 0 amide bonds. The van der Waals surface area contributed by atoms with Gasteiger partial charge in [0.15, 0.2) is 0 Å². The highest BCUT2D eigenvalue weighted by Crippen LogP contribution is 2.31. The number of halogens is 4. The fourth-order valence-electron chi connectivity index (χ4n) is 1.96. The molecule has 0 heterocycles. The van der Waals surface area contributed by atoms with Crippen molar-refractivity contribution in [2.24, 2.45) is 0 Å². The Kier molecular flexibility index (Phi) is 5.26. The summed E-state index contributed by atoms with van der Waals surface area (Å²) in [7, 11) is 0. The molecular weight excluding hydrogens is 319 g/mol. The molecular formula is C15H13Cl2F2NO. The number of para-hydroxylation sites is 1. The van der Waals surface area contributed by atoms with Crippen LogP contribution in [0.15, 0.2) is 42.5 Å². The van der Waals surface area contributed by atoms with Gasteiger partial charge in [-0.2, -0.15) is 8.78 Å². The second kappa shape index (κ2) is 6.96. The van der Waals surface area contributed by atoms with Gasteiger partial charge in [-0.1, -0.05) is 41.4 Å². The third-order valence-corrected chi connectivity index (χ3v) is 3.64. The molecule has 2 aromatic carbocycles. The lowest BCUT2D eigenvalue weighted by Gasteiger charge is -2.19. The Morgan fingerprint density at radius 3 is 2.43 bits per heavy atom. The molecule has 0 bridgehead atoms. The average molecular weight is 332 g/mol. The van der Waals surface area contributed by atoms with E-state index in [1.165, 1.54) is 6.07 Å². The zero-order valence-electron chi connectivity index (χ0n) is 11.1. The van der Waals surface area contributed by atoms with E-state index in [1.807, 2.05) is 6.92 Å². The number of ether oxygens (including phenoxy) is 1. The highest BCUT2D eigenvalue weighted by atomic mass is 35.5. The third kappa shape index (κ3) is 4.22. The molecule has 1 atom stereocenters. The predicted molar refractivity (Wildman–Crippen MR) is 81.6 cm³/mol. The Morgan fingerprint density at radius 2 is 1.76 bits per heavy atom. The fraction of sp³-hybridized carbons (Fsp3) is 0.200. The van der Waals surface area contributed by atoms with Crippen LogP contribution in [-0.4, -0.2) is 6.61 Å². The molecule has 0 aliphatic carbocycles. The van der Waals surface area contributed by atoms with Gasteiger partial charge in [0.2, 0.25) is 0 Å². The van der Waals surface area contributed by atoms with Crippen molar-refractivity contribution >= 4 is 28.9 Å². The lowest BCUT2D eigenvalue weighted by atomic mass is 10.1. The quantitative estimate of drug-likeness (QED) is 0.751. The second-order valence-electron chi connectivity index (χ2n) is 4.41. The third-order valence-electron chi connectivity index (χ3n) is 2.90. The van der Waals surface area contributed by atoms with Crippen LogP contribution in [-0.2, 0) is 0 Å². The van der Waals surface area contributed by atoms with Gasteiger partial charge in [-0.15, -0.1) is 0 Å². The first-order valence-corrected chi connectivity index (χ1v) is 6.98. The Balaban J connectivity index is 2.19. The predicted octanol–water partition coefficient (Wildman–Crippen LogP) is 5.77. The number of anilines is 1. The van der Waals surface area contributed by atoms with E-state index in [2.05, 4.69) is 10.1 Å². The maximum absolute atomic E-state index is 12.4. The van der Waals surface area contributed by atoms with Gasteiger partial charge in [-0.05, 0) is 31.2 Å². The lowest BCUT2D eigenvalue weighted by molar-refractivity contribution is -0.0505. The summed E-state index contributed by atoms with van der Waals surface area (Å²) in [6.07, 6.45) is 0. The Labute approximate surface area is 131 Å². The maximum atomic E-state index is 12.4. The minimum atomic E-state index is -2.86. The van der Waals surface area contributed by atoms with Gasteiger partial charge in [0.25, 0.3) is 0 Å². The van der Waals surface area contributed by atoms with E-state index in [0.29, 0.717) is 15.6 Å². The number of hydrogen-bond donors (Lipinski definition) is 1. The van der Waals surface area contributed by atoms with Crippen molar-refractivity contribution < 1.29 is 13.5 Å². The van der Waals surface area contributed by atoms with Crippen LogP contribution in [0.3, 0.4) is 0 Å². The Bertz CT molecular complexity index is 622. The molecule has 6 heteroatoms. The summed E-state index contributed by atoms with van der Waals surface area (Å²) in [4.78, 5) is 0. The molecule has 0 fully saturated rings. The minimum Gasteiger partial charge on any atom is -0.434 e. The van der Waals surface area contributed by atoms with Crippen LogP contribution >= 0.6 is 23.2 Å².